The van der Waals surface area contributed by atoms with Gasteiger partial charge in [0, 0.05) is 24.2 Å². The van der Waals surface area contributed by atoms with E-state index in [2.05, 4.69) is 0 Å². The molecule has 1 aromatic carbocycles. The van der Waals surface area contributed by atoms with E-state index in [0.29, 0.717) is 25.6 Å². The third kappa shape index (κ3) is 5.23. The van der Waals surface area contributed by atoms with Crippen LogP contribution in [0.15, 0.2) is 18.2 Å². The number of nitrogens with zero attached hydrogens (tertiary/aromatic N) is 2. The molecule has 0 aliphatic carbocycles. The van der Waals surface area contributed by atoms with Gasteiger partial charge < -0.3 is 15.4 Å². The topological polar surface area (TPSA) is 98.7 Å². The highest BCUT2D eigenvalue weighted by molar-refractivity contribution is 6.30. The largest absolute Gasteiger partial charge is 0.486 e. The third-order valence-electron chi connectivity index (χ3n) is 3.66. The zero-order valence-electron chi connectivity index (χ0n) is 12.4. The Balaban J connectivity index is 0.00000264. The molecular formula is C14H19Cl2N3O4. The quantitative estimate of drug-likeness (QED) is 0.617. The van der Waals surface area contributed by atoms with Crippen LogP contribution in [0, 0.1) is 16.0 Å². The normalized spacial score (nSPS) is 16.8. The van der Waals surface area contributed by atoms with Crippen LogP contribution in [0.2, 0.25) is 5.02 Å². The molecule has 2 N–H and O–H groups in total. The monoisotopic (exact) mass is 363 g/mol. The Hall–Kier alpha value is -1.57. The summed E-state index contributed by atoms with van der Waals surface area (Å²) in [6.07, 6.45) is 1.10. The number of nitro benzene ring substituents is 1. The summed E-state index contributed by atoms with van der Waals surface area (Å²) >= 11 is 5.73. The van der Waals surface area contributed by atoms with Crippen LogP contribution in [0.4, 0.5) is 5.69 Å². The Morgan fingerprint density at radius 1 is 1.52 bits per heavy atom. The predicted octanol–water partition coefficient (Wildman–Crippen LogP) is 2.25. The van der Waals surface area contributed by atoms with Gasteiger partial charge in [-0.1, -0.05) is 11.6 Å². The number of likely N-dealkylation sites (tertiary alicyclic amines) is 1. The number of carbonyl (C=O) groups excluding carboxylic acids is 1. The second-order valence-corrected chi connectivity index (χ2v) is 5.63. The van der Waals surface area contributed by atoms with Crippen molar-refractivity contribution in [2.24, 2.45) is 11.7 Å². The number of nitrogens with two attached hydrogens (primary N) is 1. The van der Waals surface area contributed by atoms with Crippen molar-refractivity contribution in [3.63, 3.8) is 0 Å². The fourth-order valence-electron chi connectivity index (χ4n) is 2.41. The molecule has 1 amide bonds. The summed E-state index contributed by atoms with van der Waals surface area (Å²) < 4.78 is 5.36. The smallest absolute Gasteiger partial charge is 0.312 e. The maximum Gasteiger partial charge on any atom is 0.312 e. The summed E-state index contributed by atoms with van der Waals surface area (Å²) in [7, 11) is 0. The molecule has 1 aliphatic heterocycles. The third-order valence-corrected chi connectivity index (χ3v) is 3.90. The number of carbonyl (C=O) groups is 1. The van der Waals surface area contributed by atoms with Crippen molar-refractivity contribution in [3.05, 3.63) is 33.3 Å². The van der Waals surface area contributed by atoms with Gasteiger partial charge in [0.15, 0.2) is 5.75 Å². The minimum Gasteiger partial charge on any atom is -0.486 e. The molecule has 1 fully saturated rings. The van der Waals surface area contributed by atoms with E-state index < -0.39 is 4.92 Å². The molecule has 1 heterocycles. The van der Waals surface area contributed by atoms with Crippen LogP contribution < -0.4 is 10.5 Å². The summed E-state index contributed by atoms with van der Waals surface area (Å²) in [5.74, 6) is 0.457. The van der Waals surface area contributed by atoms with E-state index in [4.69, 9.17) is 22.1 Å². The number of rotatable bonds is 6. The number of amides is 1. The number of hydrogen-bond acceptors (Lipinski definition) is 5. The molecule has 0 saturated carbocycles. The van der Waals surface area contributed by atoms with E-state index in [1.54, 1.807) is 4.90 Å². The Morgan fingerprint density at radius 2 is 2.26 bits per heavy atom. The average Bonchev–Trinajstić information content (AvgIpc) is 2.97. The van der Waals surface area contributed by atoms with E-state index in [1.165, 1.54) is 18.2 Å². The van der Waals surface area contributed by atoms with Gasteiger partial charge in [0.1, 0.15) is 0 Å². The van der Waals surface area contributed by atoms with Gasteiger partial charge in [-0.05, 0) is 31.0 Å². The van der Waals surface area contributed by atoms with Crippen molar-refractivity contribution in [3.8, 4) is 5.75 Å². The zero-order valence-corrected chi connectivity index (χ0v) is 14.0. The SMILES string of the molecule is Cl.NCC1CCN(C(=O)CCOc2ccc(Cl)cc2[N+](=O)[O-])C1. The van der Waals surface area contributed by atoms with Crippen molar-refractivity contribution < 1.29 is 14.5 Å². The molecule has 0 radical (unpaired) electrons. The first-order chi connectivity index (χ1) is 10.5. The van der Waals surface area contributed by atoms with Crippen molar-refractivity contribution in [2.45, 2.75) is 12.8 Å². The van der Waals surface area contributed by atoms with Crippen molar-refractivity contribution >= 4 is 35.6 Å². The first-order valence-electron chi connectivity index (χ1n) is 7.06. The Labute approximate surface area is 145 Å². The van der Waals surface area contributed by atoms with Gasteiger partial charge in [-0.15, -0.1) is 12.4 Å². The summed E-state index contributed by atoms with van der Waals surface area (Å²) in [4.78, 5) is 24.2. The van der Waals surface area contributed by atoms with E-state index in [0.717, 1.165) is 6.42 Å². The first-order valence-corrected chi connectivity index (χ1v) is 7.43. The van der Waals surface area contributed by atoms with Crippen molar-refractivity contribution in [1.82, 2.24) is 4.90 Å². The van der Waals surface area contributed by atoms with E-state index in [9.17, 15) is 14.9 Å². The van der Waals surface area contributed by atoms with Gasteiger partial charge in [-0.2, -0.15) is 0 Å². The second kappa shape index (κ2) is 8.90. The lowest BCUT2D eigenvalue weighted by molar-refractivity contribution is -0.385. The van der Waals surface area contributed by atoms with Crippen molar-refractivity contribution in [2.75, 3.05) is 26.2 Å². The number of benzene rings is 1. The minimum atomic E-state index is -0.560. The minimum absolute atomic E-state index is 0. The Morgan fingerprint density at radius 3 is 2.87 bits per heavy atom. The van der Waals surface area contributed by atoms with Crippen LogP contribution in [0.25, 0.3) is 0 Å². The van der Waals surface area contributed by atoms with Crippen LogP contribution >= 0.6 is 24.0 Å². The highest BCUT2D eigenvalue weighted by atomic mass is 35.5. The number of ether oxygens (including phenoxy) is 1. The van der Waals surface area contributed by atoms with Crippen LogP contribution in [-0.2, 0) is 4.79 Å². The predicted molar refractivity (Wildman–Crippen MR) is 89.2 cm³/mol. The van der Waals surface area contributed by atoms with Gasteiger partial charge in [-0.3, -0.25) is 14.9 Å². The summed E-state index contributed by atoms with van der Waals surface area (Å²) in [5.41, 5.74) is 5.39. The van der Waals surface area contributed by atoms with Gasteiger partial charge in [0.05, 0.1) is 18.0 Å². The van der Waals surface area contributed by atoms with Crippen LogP contribution in [-0.4, -0.2) is 42.0 Å². The molecule has 2 rings (SSSR count). The fraction of sp³-hybridized carbons (Fsp3) is 0.500. The maximum atomic E-state index is 12.0. The van der Waals surface area contributed by atoms with E-state index in [1.807, 2.05) is 0 Å². The van der Waals surface area contributed by atoms with Crippen molar-refractivity contribution in [1.29, 1.82) is 0 Å². The molecule has 1 atom stereocenters. The summed E-state index contributed by atoms with van der Waals surface area (Å²) in [6.45, 7) is 2.06. The van der Waals surface area contributed by atoms with Crippen LogP contribution in [0.3, 0.4) is 0 Å². The lowest BCUT2D eigenvalue weighted by Crippen LogP contribution is -2.30. The average molecular weight is 364 g/mol. The lowest BCUT2D eigenvalue weighted by Gasteiger charge is -2.16. The van der Waals surface area contributed by atoms with Gasteiger partial charge in [0.2, 0.25) is 5.91 Å². The molecule has 1 unspecified atom stereocenters. The molecule has 23 heavy (non-hydrogen) atoms. The Kier molecular flexibility index (Phi) is 7.54. The second-order valence-electron chi connectivity index (χ2n) is 5.20. The Bertz CT molecular complexity index is 571. The first kappa shape index (κ1) is 19.5. The zero-order chi connectivity index (χ0) is 16.1. The number of halogens is 2. The molecular weight excluding hydrogens is 345 g/mol. The molecule has 0 aromatic heterocycles. The lowest BCUT2D eigenvalue weighted by atomic mass is 10.1. The summed E-state index contributed by atoms with van der Waals surface area (Å²) in [5, 5.41) is 11.2. The summed E-state index contributed by atoms with van der Waals surface area (Å²) in [6, 6.07) is 4.17. The standard InChI is InChI=1S/C14H18ClN3O4.ClH/c15-11-1-2-13(12(7-11)18(20)21)22-6-4-14(19)17-5-3-10(8-16)9-17;/h1-2,7,10H,3-6,8-9,16H2;1H. The molecule has 0 spiro atoms. The molecule has 7 nitrogen and oxygen atoms in total. The van der Waals surface area contributed by atoms with E-state index >= 15 is 0 Å². The highest BCUT2D eigenvalue weighted by Gasteiger charge is 2.25. The fourth-order valence-corrected chi connectivity index (χ4v) is 2.58. The van der Waals surface area contributed by atoms with Gasteiger partial charge in [0.25, 0.3) is 0 Å². The maximum absolute atomic E-state index is 12.0. The van der Waals surface area contributed by atoms with E-state index in [-0.39, 0.29) is 47.8 Å². The highest BCUT2D eigenvalue weighted by Crippen LogP contribution is 2.30. The molecule has 1 saturated heterocycles. The van der Waals surface area contributed by atoms with Gasteiger partial charge >= 0.3 is 5.69 Å². The number of hydrogen-bond donors (Lipinski definition) is 1. The molecule has 0 bridgehead atoms. The molecule has 1 aromatic rings. The van der Waals surface area contributed by atoms with Crippen LogP contribution in [0.5, 0.6) is 5.75 Å². The molecule has 1 aliphatic rings. The van der Waals surface area contributed by atoms with Crippen LogP contribution in [0.1, 0.15) is 12.8 Å². The number of nitro groups is 1. The molecule has 128 valence electrons. The van der Waals surface area contributed by atoms with Gasteiger partial charge in [-0.25, -0.2) is 0 Å². The molecule has 9 heteroatoms.